The van der Waals surface area contributed by atoms with E-state index >= 15 is 0 Å². The van der Waals surface area contributed by atoms with Gasteiger partial charge in [0.2, 0.25) is 11.8 Å². The van der Waals surface area contributed by atoms with E-state index in [-0.39, 0.29) is 0 Å². The molecular formula is C15H26N4O. The summed E-state index contributed by atoms with van der Waals surface area (Å²) in [5.74, 6) is 2.10. The number of hydrogen-bond donors (Lipinski definition) is 1. The quantitative estimate of drug-likeness (QED) is 0.863. The number of aromatic nitrogens is 2. The normalized spacial score (nSPS) is 19.1. The van der Waals surface area contributed by atoms with E-state index in [1.54, 1.807) is 6.20 Å². The third-order valence-electron chi connectivity index (χ3n) is 3.64. The second kappa shape index (κ2) is 7.43. The summed E-state index contributed by atoms with van der Waals surface area (Å²) >= 11 is 0. The highest BCUT2D eigenvalue weighted by Crippen LogP contribution is 2.19. The van der Waals surface area contributed by atoms with E-state index in [4.69, 9.17) is 4.74 Å². The molecule has 0 aliphatic carbocycles. The summed E-state index contributed by atoms with van der Waals surface area (Å²) in [6.07, 6.45) is 4.32. The van der Waals surface area contributed by atoms with Crippen LogP contribution in [-0.4, -0.2) is 42.3 Å². The highest BCUT2D eigenvalue weighted by Gasteiger charge is 2.21. The van der Waals surface area contributed by atoms with E-state index in [0.717, 1.165) is 25.6 Å². The van der Waals surface area contributed by atoms with Gasteiger partial charge in [0.1, 0.15) is 0 Å². The maximum Gasteiger partial charge on any atom is 0.228 e. The fourth-order valence-corrected chi connectivity index (χ4v) is 2.58. The van der Waals surface area contributed by atoms with Crippen molar-refractivity contribution >= 4 is 5.95 Å². The van der Waals surface area contributed by atoms with Gasteiger partial charge in [-0.15, -0.1) is 0 Å². The lowest BCUT2D eigenvalue weighted by atomic mass is 9.99. The molecule has 2 rings (SSSR count). The number of hydrogen-bond acceptors (Lipinski definition) is 5. The molecule has 1 atom stereocenters. The molecule has 5 heteroatoms. The van der Waals surface area contributed by atoms with Crippen molar-refractivity contribution in [3.05, 3.63) is 12.3 Å². The van der Waals surface area contributed by atoms with Gasteiger partial charge in [-0.3, -0.25) is 0 Å². The number of nitrogens with one attached hydrogen (secondary N) is 1. The molecule has 0 saturated carbocycles. The number of anilines is 1. The van der Waals surface area contributed by atoms with Crippen LogP contribution in [-0.2, 0) is 0 Å². The van der Waals surface area contributed by atoms with Crippen molar-refractivity contribution in [3.8, 4) is 5.88 Å². The van der Waals surface area contributed by atoms with Crippen LogP contribution < -0.4 is 15.0 Å². The molecule has 1 fully saturated rings. The Hall–Kier alpha value is -1.36. The van der Waals surface area contributed by atoms with E-state index < -0.39 is 0 Å². The molecule has 0 spiro atoms. The first-order valence-corrected chi connectivity index (χ1v) is 7.64. The minimum atomic E-state index is 0.383. The van der Waals surface area contributed by atoms with Gasteiger partial charge in [0, 0.05) is 24.8 Å². The highest BCUT2D eigenvalue weighted by molar-refractivity contribution is 5.33. The zero-order valence-corrected chi connectivity index (χ0v) is 12.8. The van der Waals surface area contributed by atoms with Crippen LogP contribution in [0, 0.1) is 5.92 Å². The molecule has 1 aromatic heterocycles. The largest absolute Gasteiger partial charge is 0.478 e. The van der Waals surface area contributed by atoms with Crippen molar-refractivity contribution in [2.24, 2.45) is 5.92 Å². The second-order valence-electron chi connectivity index (χ2n) is 5.59. The summed E-state index contributed by atoms with van der Waals surface area (Å²) in [7, 11) is 0. The molecule has 0 bridgehead atoms. The third-order valence-corrected chi connectivity index (χ3v) is 3.64. The maximum atomic E-state index is 5.48. The zero-order chi connectivity index (χ0) is 14.4. The van der Waals surface area contributed by atoms with Crippen LogP contribution in [0.25, 0.3) is 0 Å². The number of nitrogens with zero attached hydrogens (tertiary/aromatic N) is 3. The molecule has 1 unspecified atom stereocenters. The topological polar surface area (TPSA) is 50.3 Å². The van der Waals surface area contributed by atoms with E-state index in [2.05, 4.69) is 34.0 Å². The van der Waals surface area contributed by atoms with Crippen molar-refractivity contribution in [3.63, 3.8) is 0 Å². The van der Waals surface area contributed by atoms with Crippen molar-refractivity contribution in [2.75, 3.05) is 31.1 Å². The average molecular weight is 278 g/mol. The average Bonchev–Trinajstić information content (AvgIpc) is 2.46. The molecule has 1 aromatic rings. The Morgan fingerprint density at radius 1 is 1.50 bits per heavy atom. The molecule has 1 aliphatic rings. The summed E-state index contributed by atoms with van der Waals surface area (Å²) in [4.78, 5) is 11.2. The van der Waals surface area contributed by atoms with Crippen LogP contribution in [0.1, 0.15) is 33.6 Å². The Morgan fingerprint density at radius 3 is 3.00 bits per heavy atom. The Morgan fingerprint density at radius 2 is 2.35 bits per heavy atom. The lowest BCUT2D eigenvalue weighted by Gasteiger charge is -2.32. The van der Waals surface area contributed by atoms with Gasteiger partial charge >= 0.3 is 0 Å². The van der Waals surface area contributed by atoms with Gasteiger partial charge < -0.3 is 15.0 Å². The Balaban J connectivity index is 2.08. The van der Waals surface area contributed by atoms with Crippen LogP contribution in [0.5, 0.6) is 5.88 Å². The summed E-state index contributed by atoms with van der Waals surface area (Å²) in [6.45, 7) is 10.2. The van der Waals surface area contributed by atoms with E-state index in [1.165, 1.54) is 12.8 Å². The Labute approximate surface area is 121 Å². The highest BCUT2D eigenvalue weighted by atomic mass is 16.5. The Kier molecular flexibility index (Phi) is 5.59. The molecule has 1 N–H and O–H groups in total. The molecule has 0 radical (unpaired) electrons. The molecular weight excluding hydrogens is 252 g/mol. The first-order chi connectivity index (χ1) is 9.70. The van der Waals surface area contributed by atoms with Crippen LogP contribution in [0.15, 0.2) is 12.3 Å². The van der Waals surface area contributed by atoms with Gasteiger partial charge in [0.25, 0.3) is 0 Å². The predicted octanol–water partition coefficient (Wildman–Crippen LogP) is 2.09. The standard InChI is InChI=1S/C15H26N4O/c1-4-20-14-7-9-17-15(18-14)19(12(2)3)11-13-6-5-8-16-10-13/h7,9,12-13,16H,4-6,8,10-11H2,1-3H3. The van der Waals surface area contributed by atoms with E-state index in [0.29, 0.717) is 24.4 Å². The van der Waals surface area contributed by atoms with Gasteiger partial charge in [-0.25, -0.2) is 4.98 Å². The van der Waals surface area contributed by atoms with Gasteiger partial charge in [0.05, 0.1) is 6.61 Å². The third kappa shape index (κ3) is 4.07. The first kappa shape index (κ1) is 15.0. The predicted molar refractivity (Wildman–Crippen MR) is 81.3 cm³/mol. The molecule has 1 aliphatic heterocycles. The second-order valence-corrected chi connectivity index (χ2v) is 5.59. The molecule has 0 amide bonds. The van der Waals surface area contributed by atoms with Crippen molar-refractivity contribution in [2.45, 2.75) is 39.7 Å². The molecule has 0 aromatic carbocycles. The van der Waals surface area contributed by atoms with Crippen LogP contribution >= 0.6 is 0 Å². The van der Waals surface area contributed by atoms with Crippen LogP contribution in [0.4, 0.5) is 5.95 Å². The first-order valence-electron chi connectivity index (χ1n) is 7.64. The monoisotopic (exact) mass is 278 g/mol. The maximum absolute atomic E-state index is 5.48. The molecule has 2 heterocycles. The number of rotatable bonds is 6. The fraction of sp³-hybridized carbons (Fsp3) is 0.733. The summed E-state index contributed by atoms with van der Waals surface area (Å²) in [5.41, 5.74) is 0. The number of ether oxygens (including phenoxy) is 1. The molecule has 5 nitrogen and oxygen atoms in total. The smallest absolute Gasteiger partial charge is 0.228 e. The van der Waals surface area contributed by atoms with Gasteiger partial charge in [-0.05, 0) is 52.6 Å². The van der Waals surface area contributed by atoms with Gasteiger partial charge in [-0.2, -0.15) is 4.98 Å². The fourth-order valence-electron chi connectivity index (χ4n) is 2.58. The van der Waals surface area contributed by atoms with Crippen molar-refractivity contribution in [1.29, 1.82) is 0 Å². The van der Waals surface area contributed by atoms with Gasteiger partial charge in [0.15, 0.2) is 0 Å². The van der Waals surface area contributed by atoms with E-state index in [1.807, 2.05) is 13.0 Å². The minimum absolute atomic E-state index is 0.383. The van der Waals surface area contributed by atoms with Crippen molar-refractivity contribution in [1.82, 2.24) is 15.3 Å². The van der Waals surface area contributed by atoms with E-state index in [9.17, 15) is 0 Å². The molecule has 112 valence electrons. The SMILES string of the molecule is CCOc1ccnc(N(CC2CCCNC2)C(C)C)n1. The van der Waals surface area contributed by atoms with Crippen molar-refractivity contribution < 1.29 is 4.74 Å². The summed E-state index contributed by atoms with van der Waals surface area (Å²) in [5, 5.41) is 3.47. The summed E-state index contributed by atoms with van der Waals surface area (Å²) in [6, 6.07) is 2.20. The zero-order valence-electron chi connectivity index (χ0n) is 12.8. The number of piperidine rings is 1. The lowest BCUT2D eigenvalue weighted by molar-refractivity contribution is 0.325. The van der Waals surface area contributed by atoms with Gasteiger partial charge in [-0.1, -0.05) is 0 Å². The summed E-state index contributed by atoms with van der Waals surface area (Å²) < 4.78 is 5.48. The lowest BCUT2D eigenvalue weighted by Crippen LogP contribution is -2.42. The van der Waals surface area contributed by atoms with Crippen LogP contribution in [0.2, 0.25) is 0 Å². The molecule has 20 heavy (non-hydrogen) atoms. The van der Waals surface area contributed by atoms with Crippen LogP contribution in [0.3, 0.4) is 0 Å². The minimum Gasteiger partial charge on any atom is -0.478 e. The molecule has 1 saturated heterocycles. The Bertz CT molecular complexity index is 405.